The smallest absolute Gasteiger partial charge is 0.0578 e. The molecule has 0 saturated carbocycles. The van der Waals surface area contributed by atoms with E-state index >= 15 is 0 Å². The van der Waals surface area contributed by atoms with Crippen LogP contribution in [0.5, 0.6) is 0 Å². The summed E-state index contributed by atoms with van der Waals surface area (Å²) in [5.74, 6) is 0. The van der Waals surface area contributed by atoms with Crippen molar-refractivity contribution in [1.29, 1.82) is 0 Å². The molecule has 1 radical (unpaired) electrons. The molecule has 1 nitrogen and oxygen atoms in total. The van der Waals surface area contributed by atoms with Crippen LogP contribution < -0.4 is 0 Å². The van der Waals surface area contributed by atoms with E-state index in [4.69, 9.17) is 4.74 Å². The molecule has 0 rings (SSSR count). The van der Waals surface area contributed by atoms with E-state index in [-0.39, 0.29) is 0 Å². The lowest BCUT2D eigenvalue weighted by Crippen LogP contribution is -2.08. The zero-order valence-corrected chi connectivity index (χ0v) is 6.68. The van der Waals surface area contributed by atoms with E-state index in [1.54, 1.807) is 0 Å². The van der Waals surface area contributed by atoms with Crippen LogP contribution in [0.25, 0.3) is 0 Å². The van der Waals surface area contributed by atoms with E-state index < -0.39 is 0 Å². The minimum absolute atomic E-state index is 0.343. The fourth-order valence-electron chi connectivity index (χ4n) is 0.704. The quantitative estimate of drug-likeness (QED) is 0.554. The highest BCUT2D eigenvalue weighted by Gasteiger charge is 1.97. The van der Waals surface area contributed by atoms with Gasteiger partial charge in [0.15, 0.2) is 0 Å². The first kappa shape index (κ1) is 8.96. The molecule has 0 heterocycles. The number of hydrogen-bond acceptors (Lipinski definition) is 1. The highest BCUT2D eigenvalue weighted by molar-refractivity contribution is 4.69. The molecule has 0 spiro atoms. The molecule has 1 heteroatoms. The minimum atomic E-state index is 0.343. The van der Waals surface area contributed by atoms with E-state index in [1.807, 2.05) is 0 Å². The summed E-state index contributed by atoms with van der Waals surface area (Å²) in [4.78, 5) is 0. The summed E-state index contributed by atoms with van der Waals surface area (Å²) in [5.41, 5.74) is 0. The summed E-state index contributed by atoms with van der Waals surface area (Å²) in [6, 6.07) is 0. The van der Waals surface area contributed by atoms with Gasteiger partial charge in [-0.1, -0.05) is 20.3 Å². The Morgan fingerprint density at radius 1 is 1.44 bits per heavy atom. The molecule has 0 aliphatic carbocycles. The first-order valence-corrected chi connectivity index (χ1v) is 3.76. The van der Waals surface area contributed by atoms with Gasteiger partial charge in [-0.2, -0.15) is 0 Å². The lowest BCUT2D eigenvalue weighted by atomic mass is 10.2. The Kier molecular flexibility index (Phi) is 6.06. The molecule has 9 heavy (non-hydrogen) atoms. The molecule has 0 saturated heterocycles. The Bertz CT molecular complexity index is 52.5. The average molecular weight is 129 g/mol. The van der Waals surface area contributed by atoms with Gasteiger partial charge in [0.25, 0.3) is 0 Å². The van der Waals surface area contributed by atoms with Crippen molar-refractivity contribution in [2.45, 2.75) is 39.7 Å². The second-order valence-electron chi connectivity index (χ2n) is 2.22. The van der Waals surface area contributed by atoms with Crippen molar-refractivity contribution >= 4 is 0 Å². The maximum Gasteiger partial charge on any atom is 0.0578 e. The van der Waals surface area contributed by atoms with Crippen LogP contribution in [-0.4, -0.2) is 12.7 Å². The predicted octanol–water partition coefficient (Wildman–Crippen LogP) is 2.42. The molecule has 55 valence electrons. The standard InChI is InChI=1S/C8H17O/c1-4-6-8(3)9-7-5-2/h6,8H,4-5,7H2,1-3H3. The number of ether oxygens (including phenoxy) is 1. The summed E-state index contributed by atoms with van der Waals surface area (Å²) in [6.07, 6.45) is 4.73. The summed E-state index contributed by atoms with van der Waals surface area (Å²) in [5, 5.41) is 0. The Morgan fingerprint density at radius 3 is 2.56 bits per heavy atom. The molecular formula is C8H17O. The highest BCUT2D eigenvalue weighted by atomic mass is 16.5. The van der Waals surface area contributed by atoms with Gasteiger partial charge in [0.1, 0.15) is 0 Å². The number of hydrogen-bond donors (Lipinski definition) is 0. The second-order valence-corrected chi connectivity index (χ2v) is 2.22. The molecule has 0 aromatic carbocycles. The van der Waals surface area contributed by atoms with Gasteiger partial charge in [-0.15, -0.1) is 0 Å². The Labute approximate surface area is 58.4 Å². The maximum atomic E-state index is 5.38. The molecule has 0 amide bonds. The second kappa shape index (κ2) is 6.09. The molecule has 0 aliphatic rings. The minimum Gasteiger partial charge on any atom is -0.378 e. The van der Waals surface area contributed by atoms with Gasteiger partial charge in [0.2, 0.25) is 0 Å². The third-order valence-electron chi connectivity index (χ3n) is 1.15. The molecule has 0 aliphatic heterocycles. The van der Waals surface area contributed by atoms with Crippen LogP contribution in [0.3, 0.4) is 0 Å². The average Bonchev–Trinajstić information content (AvgIpc) is 1.85. The van der Waals surface area contributed by atoms with Crippen molar-refractivity contribution in [1.82, 2.24) is 0 Å². The van der Waals surface area contributed by atoms with E-state index in [1.165, 1.54) is 0 Å². The van der Waals surface area contributed by atoms with Gasteiger partial charge >= 0.3 is 0 Å². The van der Waals surface area contributed by atoms with Crippen LogP contribution in [0.15, 0.2) is 0 Å². The third-order valence-corrected chi connectivity index (χ3v) is 1.15. The predicted molar refractivity (Wildman–Crippen MR) is 40.3 cm³/mol. The summed E-state index contributed by atoms with van der Waals surface area (Å²) < 4.78 is 5.38. The van der Waals surface area contributed by atoms with Crippen molar-refractivity contribution in [2.75, 3.05) is 6.61 Å². The van der Waals surface area contributed by atoms with Gasteiger partial charge in [0.05, 0.1) is 6.10 Å². The first-order valence-electron chi connectivity index (χ1n) is 3.76. The zero-order valence-electron chi connectivity index (χ0n) is 6.68. The lowest BCUT2D eigenvalue weighted by Gasteiger charge is -2.09. The van der Waals surface area contributed by atoms with Crippen molar-refractivity contribution in [3.8, 4) is 0 Å². The van der Waals surface area contributed by atoms with E-state index in [2.05, 4.69) is 27.2 Å². The topological polar surface area (TPSA) is 9.23 Å². The molecule has 1 atom stereocenters. The SMILES string of the molecule is CC[CH]C(C)OCCC. The van der Waals surface area contributed by atoms with Gasteiger partial charge in [-0.05, 0) is 19.8 Å². The molecule has 0 bridgehead atoms. The highest BCUT2D eigenvalue weighted by Crippen LogP contribution is 1.98. The van der Waals surface area contributed by atoms with Crippen LogP contribution >= 0.6 is 0 Å². The summed E-state index contributed by atoms with van der Waals surface area (Å²) in [7, 11) is 0. The molecular weight excluding hydrogens is 112 g/mol. The van der Waals surface area contributed by atoms with E-state index in [0.29, 0.717) is 6.10 Å². The van der Waals surface area contributed by atoms with Gasteiger partial charge < -0.3 is 4.74 Å². The van der Waals surface area contributed by atoms with Crippen molar-refractivity contribution in [3.05, 3.63) is 6.42 Å². The Morgan fingerprint density at radius 2 is 2.11 bits per heavy atom. The van der Waals surface area contributed by atoms with E-state index in [0.717, 1.165) is 19.4 Å². The third kappa shape index (κ3) is 5.84. The van der Waals surface area contributed by atoms with Gasteiger partial charge in [-0.3, -0.25) is 0 Å². The normalized spacial score (nSPS) is 13.7. The summed E-state index contributed by atoms with van der Waals surface area (Å²) >= 11 is 0. The molecule has 0 N–H and O–H groups in total. The van der Waals surface area contributed by atoms with E-state index in [9.17, 15) is 0 Å². The Hall–Kier alpha value is -0.0400. The van der Waals surface area contributed by atoms with Crippen molar-refractivity contribution in [3.63, 3.8) is 0 Å². The van der Waals surface area contributed by atoms with Crippen LogP contribution in [0.4, 0.5) is 0 Å². The van der Waals surface area contributed by atoms with Crippen LogP contribution in [-0.2, 0) is 4.74 Å². The fraction of sp³-hybridized carbons (Fsp3) is 0.875. The summed E-state index contributed by atoms with van der Waals surface area (Å²) in [6.45, 7) is 7.22. The lowest BCUT2D eigenvalue weighted by molar-refractivity contribution is 0.0860. The van der Waals surface area contributed by atoms with Crippen LogP contribution in [0, 0.1) is 6.42 Å². The molecule has 1 unspecified atom stereocenters. The largest absolute Gasteiger partial charge is 0.378 e. The van der Waals surface area contributed by atoms with Crippen LogP contribution in [0.2, 0.25) is 0 Å². The van der Waals surface area contributed by atoms with Crippen LogP contribution in [0.1, 0.15) is 33.6 Å². The number of rotatable bonds is 5. The monoisotopic (exact) mass is 129 g/mol. The first-order chi connectivity index (χ1) is 4.31. The van der Waals surface area contributed by atoms with Crippen molar-refractivity contribution in [2.24, 2.45) is 0 Å². The maximum absolute atomic E-state index is 5.38. The van der Waals surface area contributed by atoms with Gasteiger partial charge in [-0.25, -0.2) is 0 Å². The molecule has 0 aromatic rings. The zero-order chi connectivity index (χ0) is 7.11. The van der Waals surface area contributed by atoms with Crippen molar-refractivity contribution < 1.29 is 4.74 Å². The molecule has 0 fully saturated rings. The molecule has 0 aromatic heterocycles. The fourth-order valence-corrected chi connectivity index (χ4v) is 0.704. The van der Waals surface area contributed by atoms with Gasteiger partial charge in [0, 0.05) is 6.61 Å². The Balaban J connectivity index is 2.95.